The van der Waals surface area contributed by atoms with Crippen LogP contribution < -0.4 is 15.1 Å². The first-order valence-electron chi connectivity index (χ1n) is 10.9. The molecule has 1 atom stereocenters. The van der Waals surface area contributed by atoms with Gasteiger partial charge in [0.15, 0.2) is 22.5 Å². The molecule has 3 amide bonds. The van der Waals surface area contributed by atoms with Crippen LogP contribution in [0.1, 0.15) is 12.8 Å². The SMILES string of the molecule is O=C(CC[C@H]1CN(c2cc(F)c(N3CCON(C(=O)Nc4nccs4)CC3)c(F)c2)C(=O)O1)C(F)F. The molecule has 10 nitrogen and oxygen atoms in total. The number of alkyl halides is 2. The Morgan fingerprint density at radius 3 is 2.61 bits per heavy atom. The largest absolute Gasteiger partial charge is 0.444 e. The van der Waals surface area contributed by atoms with Gasteiger partial charge in [-0.1, -0.05) is 0 Å². The van der Waals surface area contributed by atoms with Crippen molar-refractivity contribution in [3.05, 3.63) is 35.3 Å². The molecule has 2 aliphatic rings. The normalized spacial score (nSPS) is 18.4. The number of carbonyl (C=O) groups excluding carboxylic acids is 3. The van der Waals surface area contributed by atoms with Crippen LogP contribution >= 0.6 is 11.3 Å². The second-order valence-corrected chi connectivity index (χ2v) is 8.76. The first-order chi connectivity index (χ1) is 17.2. The van der Waals surface area contributed by atoms with Crippen LogP contribution in [0, 0.1) is 11.6 Å². The summed E-state index contributed by atoms with van der Waals surface area (Å²) in [6.45, 7) is -0.0162. The molecule has 2 fully saturated rings. The highest BCUT2D eigenvalue weighted by atomic mass is 32.1. The van der Waals surface area contributed by atoms with Crippen molar-refractivity contribution in [1.82, 2.24) is 10.0 Å². The molecule has 0 spiro atoms. The van der Waals surface area contributed by atoms with Gasteiger partial charge < -0.3 is 9.64 Å². The molecule has 2 aliphatic heterocycles. The van der Waals surface area contributed by atoms with E-state index in [4.69, 9.17) is 9.57 Å². The second kappa shape index (κ2) is 11.1. The number of benzene rings is 1. The highest BCUT2D eigenvalue weighted by Crippen LogP contribution is 2.32. The lowest BCUT2D eigenvalue weighted by Crippen LogP contribution is -2.37. The standard InChI is InChI=1S/C21H21F4N5O5S/c22-14-9-12(29-11-13(35-21(29)33)1-2-16(31)18(24)25)10-15(23)17(14)28-4-5-30(34-7-6-28)20(32)27-19-26-3-8-36-19/h3,8-10,13,18H,1-2,4-7,11H2,(H,26,27,32)/t13-/m0/s1. The predicted octanol–water partition coefficient (Wildman–Crippen LogP) is 3.65. The van der Waals surface area contributed by atoms with E-state index >= 15 is 8.78 Å². The fourth-order valence-electron chi connectivity index (χ4n) is 3.78. The molecule has 0 unspecified atom stereocenters. The zero-order chi connectivity index (χ0) is 25.8. The molecule has 15 heteroatoms. The number of amides is 3. The molecule has 36 heavy (non-hydrogen) atoms. The summed E-state index contributed by atoms with van der Waals surface area (Å²) in [7, 11) is 0. The van der Waals surface area contributed by atoms with E-state index in [9.17, 15) is 23.2 Å². The average molecular weight is 531 g/mol. The van der Waals surface area contributed by atoms with Gasteiger partial charge in [-0.2, -0.15) is 0 Å². The average Bonchev–Trinajstić information content (AvgIpc) is 3.40. The topological polar surface area (TPSA) is 104 Å². The molecule has 1 aromatic heterocycles. The summed E-state index contributed by atoms with van der Waals surface area (Å²) in [4.78, 5) is 47.4. The number of Topliss-reactive ketones (excluding diaryl/α,β-unsaturated/α-hetero) is 1. The third-order valence-electron chi connectivity index (χ3n) is 5.51. The number of urea groups is 1. The van der Waals surface area contributed by atoms with Gasteiger partial charge in [0, 0.05) is 43.2 Å². The van der Waals surface area contributed by atoms with Crippen LogP contribution in [-0.2, 0) is 14.4 Å². The number of hydrogen-bond acceptors (Lipinski definition) is 8. The van der Waals surface area contributed by atoms with Crippen LogP contribution in [0.5, 0.6) is 0 Å². The number of hydroxylamine groups is 2. The first-order valence-corrected chi connectivity index (χ1v) is 11.7. The molecule has 3 heterocycles. The fourth-order valence-corrected chi connectivity index (χ4v) is 4.30. The smallest absolute Gasteiger partial charge is 0.414 e. The van der Waals surface area contributed by atoms with Crippen LogP contribution in [0.3, 0.4) is 0 Å². The molecule has 2 aromatic rings. The Morgan fingerprint density at radius 1 is 1.19 bits per heavy atom. The van der Waals surface area contributed by atoms with Gasteiger partial charge in [-0.3, -0.25) is 19.8 Å². The van der Waals surface area contributed by atoms with Crippen molar-refractivity contribution < 1.29 is 41.5 Å². The summed E-state index contributed by atoms with van der Waals surface area (Å²) in [6, 6.07) is 1.36. The van der Waals surface area contributed by atoms with Crippen molar-refractivity contribution in [2.75, 3.05) is 47.9 Å². The van der Waals surface area contributed by atoms with Crippen LogP contribution in [0.15, 0.2) is 23.7 Å². The number of nitrogens with zero attached hydrogens (tertiary/aromatic N) is 4. The van der Waals surface area contributed by atoms with E-state index in [2.05, 4.69) is 10.3 Å². The number of hydrogen-bond donors (Lipinski definition) is 1. The molecule has 1 N–H and O–H groups in total. The molecule has 0 bridgehead atoms. The minimum atomic E-state index is -3.11. The van der Waals surface area contributed by atoms with Crippen molar-refractivity contribution in [2.45, 2.75) is 25.4 Å². The minimum absolute atomic E-state index is 0.00923. The maximum Gasteiger partial charge on any atom is 0.414 e. The van der Waals surface area contributed by atoms with Crippen LogP contribution in [-0.4, -0.2) is 73.3 Å². The first kappa shape index (κ1) is 25.6. The number of aromatic nitrogens is 1. The molecular weight excluding hydrogens is 510 g/mol. The van der Waals surface area contributed by atoms with E-state index in [1.54, 1.807) is 5.38 Å². The number of carbonyl (C=O) groups is 3. The molecule has 0 radical (unpaired) electrons. The van der Waals surface area contributed by atoms with E-state index in [0.717, 1.165) is 22.1 Å². The molecule has 4 rings (SSSR count). The maximum absolute atomic E-state index is 15.0. The lowest BCUT2D eigenvalue weighted by molar-refractivity contribution is -0.129. The van der Waals surface area contributed by atoms with E-state index in [1.807, 2.05) is 0 Å². The Bertz CT molecular complexity index is 1100. The lowest BCUT2D eigenvalue weighted by Gasteiger charge is -2.24. The van der Waals surface area contributed by atoms with Crippen molar-refractivity contribution in [3.63, 3.8) is 0 Å². The van der Waals surface area contributed by atoms with E-state index in [-0.39, 0.29) is 50.6 Å². The van der Waals surface area contributed by atoms with Crippen LogP contribution in [0.25, 0.3) is 0 Å². The van der Waals surface area contributed by atoms with Crippen LogP contribution in [0.4, 0.5) is 43.7 Å². The van der Waals surface area contributed by atoms with E-state index in [0.29, 0.717) is 5.13 Å². The summed E-state index contributed by atoms with van der Waals surface area (Å²) in [5.41, 5.74) is -0.465. The van der Waals surface area contributed by atoms with Crippen molar-refractivity contribution >= 4 is 45.8 Å². The second-order valence-electron chi connectivity index (χ2n) is 7.87. The van der Waals surface area contributed by atoms with Crippen molar-refractivity contribution in [2.24, 2.45) is 0 Å². The lowest BCUT2D eigenvalue weighted by atomic mass is 10.1. The summed E-state index contributed by atoms with van der Waals surface area (Å²) < 4.78 is 59.9. The molecule has 1 aromatic carbocycles. The van der Waals surface area contributed by atoms with Gasteiger partial charge >= 0.3 is 12.1 Å². The molecule has 0 aliphatic carbocycles. The third kappa shape index (κ3) is 5.84. The number of thiazole rings is 1. The highest BCUT2D eigenvalue weighted by molar-refractivity contribution is 7.13. The minimum Gasteiger partial charge on any atom is -0.444 e. The Balaban J connectivity index is 1.40. The number of rotatable bonds is 7. The zero-order valence-corrected chi connectivity index (χ0v) is 19.5. The molecule has 2 saturated heterocycles. The predicted molar refractivity (Wildman–Crippen MR) is 120 cm³/mol. The summed E-state index contributed by atoms with van der Waals surface area (Å²) in [6.07, 6.45) is -3.97. The van der Waals surface area contributed by atoms with Gasteiger partial charge in [0.2, 0.25) is 0 Å². The van der Waals surface area contributed by atoms with E-state index in [1.165, 1.54) is 22.4 Å². The fraction of sp³-hybridized carbons (Fsp3) is 0.429. The van der Waals surface area contributed by atoms with Gasteiger partial charge in [0.05, 0.1) is 25.4 Å². The van der Waals surface area contributed by atoms with Crippen molar-refractivity contribution in [1.29, 1.82) is 0 Å². The Morgan fingerprint density at radius 2 is 1.94 bits per heavy atom. The van der Waals surface area contributed by atoms with Crippen molar-refractivity contribution in [3.8, 4) is 0 Å². The number of ether oxygens (including phenoxy) is 1. The summed E-state index contributed by atoms with van der Waals surface area (Å²) in [5, 5.41) is 5.67. The Kier molecular flexibility index (Phi) is 7.88. The third-order valence-corrected chi connectivity index (χ3v) is 6.20. The summed E-state index contributed by atoms with van der Waals surface area (Å²) in [5.74, 6) is -3.17. The number of halogens is 4. The number of ketones is 1. The molecule has 194 valence electrons. The molecule has 0 saturated carbocycles. The number of cyclic esters (lactones) is 1. The van der Waals surface area contributed by atoms with Gasteiger partial charge in [0.1, 0.15) is 11.8 Å². The number of anilines is 3. The quantitative estimate of drug-likeness (QED) is 0.544. The van der Waals surface area contributed by atoms with E-state index < -0.39 is 48.5 Å². The van der Waals surface area contributed by atoms with Crippen LogP contribution in [0.2, 0.25) is 0 Å². The van der Waals surface area contributed by atoms with Gasteiger partial charge in [-0.05, 0) is 6.42 Å². The monoisotopic (exact) mass is 531 g/mol. The summed E-state index contributed by atoms with van der Waals surface area (Å²) >= 11 is 1.22. The molecular formula is C21H21F4N5O5S. The van der Waals surface area contributed by atoms with Gasteiger partial charge in [0.25, 0.3) is 6.43 Å². The Labute approximate surface area is 206 Å². The maximum atomic E-state index is 15.0. The number of nitrogens with one attached hydrogen (secondary N) is 1. The zero-order valence-electron chi connectivity index (χ0n) is 18.7. The highest BCUT2D eigenvalue weighted by Gasteiger charge is 2.34. The van der Waals surface area contributed by atoms with Gasteiger partial charge in [-0.25, -0.2) is 37.2 Å². The Hall–Kier alpha value is -3.46. The van der Waals surface area contributed by atoms with Gasteiger partial charge in [-0.15, -0.1) is 11.3 Å².